The minimum Gasteiger partial charge on any atom is -0.389 e. The fraction of sp³-hybridized carbons (Fsp3) is 0.357. The Morgan fingerprint density at radius 3 is 2.61 bits per heavy atom. The van der Waals surface area contributed by atoms with Crippen LogP contribution >= 0.6 is 0 Å². The molecular formula is C28H28N6O2. The van der Waals surface area contributed by atoms with Gasteiger partial charge in [-0.05, 0) is 62.8 Å². The molecule has 8 nitrogen and oxygen atoms in total. The summed E-state index contributed by atoms with van der Waals surface area (Å²) in [4.78, 5) is 18.9. The van der Waals surface area contributed by atoms with Crippen LogP contribution in [-0.4, -0.2) is 34.2 Å². The molecule has 0 unspecified atom stereocenters. The normalized spacial score (nSPS) is 16.8. The summed E-state index contributed by atoms with van der Waals surface area (Å²) in [6.07, 6.45) is 9.75. The largest absolute Gasteiger partial charge is 0.389 e. The van der Waals surface area contributed by atoms with E-state index in [4.69, 9.17) is 10.1 Å². The van der Waals surface area contributed by atoms with Crippen molar-refractivity contribution in [2.45, 2.75) is 51.2 Å². The van der Waals surface area contributed by atoms with Gasteiger partial charge in [-0.15, -0.1) is 0 Å². The van der Waals surface area contributed by atoms with Crippen LogP contribution in [0.5, 0.6) is 0 Å². The molecule has 2 aliphatic rings. The lowest BCUT2D eigenvalue weighted by Crippen LogP contribution is -2.24. The number of aliphatic hydroxyl groups excluding tert-OH is 1. The SMILES string of the molecule is C[C@H](O)c1cn(CC2CC2)c2c(-c3ccc(C4CC4)nc3)c(=O)n(-c3ccc4nn(C)cc4c3)nc12. The molecule has 2 aliphatic carbocycles. The molecule has 0 aliphatic heterocycles. The predicted octanol–water partition coefficient (Wildman–Crippen LogP) is 4.48. The maximum atomic E-state index is 14.2. The van der Waals surface area contributed by atoms with Crippen molar-refractivity contribution in [2.24, 2.45) is 13.0 Å². The van der Waals surface area contributed by atoms with Gasteiger partial charge in [-0.3, -0.25) is 14.5 Å². The number of aromatic nitrogens is 6. The maximum absolute atomic E-state index is 14.2. The number of aliphatic hydroxyl groups is 1. The molecule has 0 spiro atoms. The summed E-state index contributed by atoms with van der Waals surface area (Å²) < 4.78 is 5.35. The topological polar surface area (TPSA) is 90.8 Å². The summed E-state index contributed by atoms with van der Waals surface area (Å²) in [6, 6.07) is 9.78. The monoisotopic (exact) mass is 480 g/mol. The lowest BCUT2D eigenvalue weighted by molar-refractivity contribution is 0.200. The number of benzene rings is 1. The number of fused-ring (bicyclic) bond motifs is 2. The van der Waals surface area contributed by atoms with Gasteiger partial charge in [0.1, 0.15) is 5.52 Å². The molecule has 0 bridgehead atoms. The third-order valence-corrected chi connectivity index (χ3v) is 7.44. The molecule has 0 saturated heterocycles. The van der Waals surface area contributed by atoms with Crippen molar-refractivity contribution in [1.82, 2.24) is 29.1 Å². The smallest absolute Gasteiger partial charge is 0.281 e. The van der Waals surface area contributed by atoms with Gasteiger partial charge in [0.2, 0.25) is 0 Å². The van der Waals surface area contributed by atoms with E-state index < -0.39 is 6.10 Å². The lowest BCUT2D eigenvalue weighted by Gasteiger charge is -2.13. The summed E-state index contributed by atoms with van der Waals surface area (Å²) in [5.41, 5.74) is 5.93. The predicted molar refractivity (Wildman–Crippen MR) is 138 cm³/mol. The van der Waals surface area contributed by atoms with Gasteiger partial charge in [-0.25, -0.2) is 0 Å². The molecule has 4 heterocycles. The number of aryl methyl sites for hydroxylation is 1. The highest BCUT2D eigenvalue weighted by Gasteiger charge is 2.28. The zero-order valence-electron chi connectivity index (χ0n) is 20.4. The summed E-state index contributed by atoms with van der Waals surface area (Å²) in [7, 11) is 1.88. The number of nitrogens with zero attached hydrogens (tertiary/aromatic N) is 6. The third-order valence-electron chi connectivity index (χ3n) is 7.44. The minimum absolute atomic E-state index is 0.195. The average Bonchev–Trinajstić information content (AvgIpc) is 3.79. The highest BCUT2D eigenvalue weighted by Crippen LogP contribution is 2.40. The molecule has 0 radical (unpaired) electrons. The summed E-state index contributed by atoms with van der Waals surface area (Å²) >= 11 is 0. The van der Waals surface area contributed by atoms with Crippen LogP contribution in [0, 0.1) is 5.92 Å². The first kappa shape index (κ1) is 21.5. The molecular weight excluding hydrogens is 452 g/mol. The van der Waals surface area contributed by atoms with Crippen LogP contribution < -0.4 is 5.56 Å². The van der Waals surface area contributed by atoms with Crippen molar-refractivity contribution in [2.75, 3.05) is 0 Å². The van der Waals surface area contributed by atoms with Crippen molar-refractivity contribution in [3.05, 3.63) is 70.5 Å². The second-order valence-electron chi connectivity index (χ2n) is 10.4. The second-order valence-corrected chi connectivity index (χ2v) is 10.4. The van der Waals surface area contributed by atoms with E-state index in [1.807, 2.05) is 49.9 Å². The number of rotatable bonds is 6. The quantitative estimate of drug-likeness (QED) is 0.387. The molecule has 2 saturated carbocycles. The Bertz CT molecular complexity index is 1680. The van der Waals surface area contributed by atoms with Gasteiger partial charge in [-0.2, -0.15) is 14.9 Å². The molecule has 7 rings (SSSR count). The van der Waals surface area contributed by atoms with Crippen molar-refractivity contribution < 1.29 is 5.11 Å². The Morgan fingerprint density at radius 2 is 1.92 bits per heavy atom. The van der Waals surface area contributed by atoms with Gasteiger partial charge in [0.05, 0.1) is 28.4 Å². The van der Waals surface area contributed by atoms with E-state index in [9.17, 15) is 9.90 Å². The zero-order valence-corrected chi connectivity index (χ0v) is 20.4. The van der Waals surface area contributed by atoms with Gasteiger partial charge < -0.3 is 9.67 Å². The average molecular weight is 481 g/mol. The Hall–Kier alpha value is -3.78. The van der Waals surface area contributed by atoms with Crippen LogP contribution in [0.3, 0.4) is 0 Å². The molecule has 0 amide bonds. The second kappa shape index (κ2) is 7.86. The fourth-order valence-corrected chi connectivity index (χ4v) is 5.19. The van der Waals surface area contributed by atoms with Crippen LogP contribution in [-0.2, 0) is 13.6 Å². The van der Waals surface area contributed by atoms with Crippen LogP contribution in [0.15, 0.2) is 53.7 Å². The number of pyridine rings is 1. The first-order valence-electron chi connectivity index (χ1n) is 12.7. The summed E-state index contributed by atoms with van der Waals surface area (Å²) in [5, 5.41) is 20.9. The van der Waals surface area contributed by atoms with Gasteiger partial charge in [-0.1, -0.05) is 6.07 Å². The Morgan fingerprint density at radius 1 is 1.08 bits per heavy atom. The fourth-order valence-electron chi connectivity index (χ4n) is 5.19. The molecule has 4 aromatic heterocycles. The molecule has 36 heavy (non-hydrogen) atoms. The Labute approximate surface area is 207 Å². The van der Waals surface area contributed by atoms with E-state index in [0.717, 1.165) is 39.8 Å². The van der Waals surface area contributed by atoms with E-state index in [2.05, 4.69) is 15.7 Å². The van der Waals surface area contributed by atoms with E-state index in [1.54, 1.807) is 11.6 Å². The Kier molecular flexibility index (Phi) is 4.70. The highest BCUT2D eigenvalue weighted by atomic mass is 16.3. The van der Waals surface area contributed by atoms with Gasteiger partial charge in [0, 0.05) is 60.3 Å². The molecule has 8 heteroatoms. The summed E-state index contributed by atoms with van der Waals surface area (Å²) in [5.74, 6) is 1.14. The van der Waals surface area contributed by atoms with Crippen molar-refractivity contribution in [3.63, 3.8) is 0 Å². The highest BCUT2D eigenvalue weighted by molar-refractivity contribution is 5.94. The maximum Gasteiger partial charge on any atom is 0.281 e. The zero-order chi connectivity index (χ0) is 24.6. The first-order valence-corrected chi connectivity index (χ1v) is 12.7. The number of hydrogen-bond acceptors (Lipinski definition) is 5. The van der Waals surface area contributed by atoms with Crippen molar-refractivity contribution in [3.8, 4) is 16.8 Å². The van der Waals surface area contributed by atoms with E-state index in [0.29, 0.717) is 28.6 Å². The molecule has 5 aromatic rings. The van der Waals surface area contributed by atoms with Gasteiger partial charge >= 0.3 is 0 Å². The van der Waals surface area contributed by atoms with Crippen LogP contribution in [0.25, 0.3) is 38.8 Å². The van der Waals surface area contributed by atoms with Crippen molar-refractivity contribution in [1.29, 1.82) is 0 Å². The molecule has 1 aromatic carbocycles. The molecule has 1 N–H and O–H groups in total. The van der Waals surface area contributed by atoms with Crippen LogP contribution in [0.1, 0.15) is 55.9 Å². The van der Waals surface area contributed by atoms with E-state index >= 15 is 0 Å². The molecule has 2 fully saturated rings. The summed E-state index contributed by atoms with van der Waals surface area (Å²) in [6.45, 7) is 2.57. The number of hydrogen-bond donors (Lipinski definition) is 1. The van der Waals surface area contributed by atoms with Crippen LogP contribution in [0.2, 0.25) is 0 Å². The minimum atomic E-state index is -0.713. The molecule has 182 valence electrons. The Balaban J connectivity index is 1.51. The first-order chi connectivity index (χ1) is 17.5. The molecule has 1 atom stereocenters. The lowest BCUT2D eigenvalue weighted by atomic mass is 10.1. The third kappa shape index (κ3) is 3.55. The van der Waals surface area contributed by atoms with Gasteiger partial charge in [0.15, 0.2) is 0 Å². The van der Waals surface area contributed by atoms with E-state index in [1.165, 1.54) is 30.4 Å². The van der Waals surface area contributed by atoms with E-state index in [-0.39, 0.29) is 5.56 Å². The standard InChI is InChI=1S/C28H28N6O2/c1-16(35)22-15-33(13-17-3-4-17)27-25(19-7-9-23(29-12-19)18-5-6-18)28(36)34(31-26(22)27)21-8-10-24-20(11-21)14-32(2)30-24/h7-12,14-18,35H,3-6,13H2,1-2H3/t16-/m0/s1. The van der Waals surface area contributed by atoms with Gasteiger partial charge in [0.25, 0.3) is 5.56 Å². The van der Waals surface area contributed by atoms with Crippen molar-refractivity contribution >= 4 is 21.9 Å². The van der Waals surface area contributed by atoms with Crippen LogP contribution in [0.4, 0.5) is 0 Å².